The van der Waals surface area contributed by atoms with Crippen LogP contribution in [0.4, 0.5) is 0 Å². The first kappa shape index (κ1) is 36.9. The number of amides is 4. The number of carboxylic acids is 2. The summed E-state index contributed by atoms with van der Waals surface area (Å²) in [4.78, 5) is 78.3. The zero-order chi connectivity index (χ0) is 34.7. The van der Waals surface area contributed by atoms with E-state index in [1.807, 2.05) is 30.5 Å². The van der Waals surface area contributed by atoms with Gasteiger partial charge in [0.1, 0.15) is 18.1 Å². The largest absolute Gasteiger partial charge is 0.481 e. The molecule has 3 aromatic rings. The van der Waals surface area contributed by atoms with Crippen molar-refractivity contribution in [3.8, 4) is 0 Å². The fourth-order valence-corrected chi connectivity index (χ4v) is 5.41. The molecule has 0 radical (unpaired) electrons. The van der Waals surface area contributed by atoms with Gasteiger partial charge in [-0.15, -0.1) is 0 Å². The molecule has 0 fully saturated rings. The van der Waals surface area contributed by atoms with Crippen LogP contribution in [-0.4, -0.2) is 86.9 Å². The maximum atomic E-state index is 13.6. The highest BCUT2D eigenvalue weighted by molar-refractivity contribution is 7.98. The van der Waals surface area contributed by atoms with Crippen LogP contribution >= 0.6 is 23.4 Å². The first-order chi connectivity index (χ1) is 22.3. The molecule has 3 rings (SSSR count). The van der Waals surface area contributed by atoms with Gasteiger partial charge in [-0.25, -0.2) is 0 Å². The van der Waals surface area contributed by atoms with Crippen LogP contribution < -0.4 is 27.4 Å². The monoisotopic (exact) mass is 688 g/mol. The van der Waals surface area contributed by atoms with Crippen molar-refractivity contribution in [3.05, 3.63) is 70.9 Å². The number of aromatic nitrogens is 1. The molecule has 10 N–H and O–H groups in total. The van der Waals surface area contributed by atoms with Crippen LogP contribution in [0.2, 0.25) is 5.02 Å². The molecule has 0 unspecified atom stereocenters. The number of thioether (sulfide) groups is 1. The molecule has 4 atom stereocenters. The van der Waals surface area contributed by atoms with Crippen LogP contribution in [0.1, 0.15) is 24.0 Å². The van der Waals surface area contributed by atoms with Gasteiger partial charge in [0.05, 0.1) is 6.04 Å². The molecule has 0 spiro atoms. The quantitative estimate of drug-likeness (QED) is 0.0873. The SMILES string of the molecule is CSCC[C@@H](NC(=O)[C@H](N)Cc1c[nH]c2ccccc12)C(=O)N[C@H](Cc1ccc(Cl)cc1)C(=O)N[C@@H](CC(C(=O)O)C(=O)O)C(N)=O. The van der Waals surface area contributed by atoms with Crippen molar-refractivity contribution in [1.82, 2.24) is 20.9 Å². The van der Waals surface area contributed by atoms with E-state index in [2.05, 4.69) is 20.9 Å². The Morgan fingerprint density at radius 2 is 1.45 bits per heavy atom. The lowest BCUT2D eigenvalue weighted by atomic mass is 9.98. The van der Waals surface area contributed by atoms with Gasteiger partial charge in [0, 0.05) is 35.0 Å². The highest BCUT2D eigenvalue weighted by Crippen LogP contribution is 2.19. The second-order valence-corrected chi connectivity index (χ2v) is 12.3. The van der Waals surface area contributed by atoms with E-state index in [0.717, 1.165) is 16.5 Å². The van der Waals surface area contributed by atoms with Crippen LogP contribution in [0.5, 0.6) is 0 Å². The Kier molecular flexibility index (Phi) is 13.6. The molecule has 252 valence electrons. The van der Waals surface area contributed by atoms with Crippen molar-refractivity contribution >= 4 is 69.8 Å². The van der Waals surface area contributed by atoms with Crippen molar-refractivity contribution < 1.29 is 39.0 Å². The van der Waals surface area contributed by atoms with Crippen molar-refractivity contribution in [2.45, 2.75) is 49.9 Å². The number of rotatable bonds is 18. The van der Waals surface area contributed by atoms with Gasteiger partial charge < -0.3 is 42.6 Å². The van der Waals surface area contributed by atoms with Gasteiger partial charge in [0.15, 0.2) is 5.92 Å². The zero-order valence-corrected chi connectivity index (χ0v) is 27.0. The maximum absolute atomic E-state index is 13.6. The second-order valence-electron chi connectivity index (χ2n) is 10.8. The predicted octanol–water partition coefficient (Wildman–Crippen LogP) is 0.802. The summed E-state index contributed by atoms with van der Waals surface area (Å²) in [6, 6.07) is 8.77. The third-order valence-electron chi connectivity index (χ3n) is 7.41. The van der Waals surface area contributed by atoms with Crippen molar-refractivity contribution in [2.24, 2.45) is 17.4 Å². The number of aromatic amines is 1. The van der Waals surface area contributed by atoms with Crippen LogP contribution in [0, 0.1) is 5.92 Å². The van der Waals surface area contributed by atoms with E-state index in [9.17, 15) is 39.0 Å². The van der Waals surface area contributed by atoms with E-state index in [0.29, 0.717) is 16.3 Å². The lowest BCUT2D eigenvalue weighted by Gasteiger charge is -2.26. The Bertz CT molecular complexity index is 1590. The smallest absolute Gasteiger partial charge is 0.317 e. The molecule has 4 amide bonds. The Morgan fingerprint density at radius 3 is 2.06 bits per heavy atom. The molecular formula is C31H37ClN6O8S. The van der Waals surface area contributed by atoms with Gasteiger partial charge in [-0.05, 0) is 54.2 Å². The molecule has 0 saturated heterocycles. The Balaban J connectivity index is 1.80. The molecule has 14 nitrogen and oxygen atoms in total. The number of nitrogens with one attached hydrogen (secondary N) is 4. The van der Waals surface area contributed by atoms with Gasteiger partial charge in [-0.2, -0.15) is 11.8 Å². The lowest BCUT2D eigenvalue weighted by Crippen LogP contribution is -2.58. The average molecular weight is 689 g/mol. The Labute approximate surface area is 279 Å². The fraction of sp³-hybridized carbons (Fsp3) is 0.355. The molecule has 1 heterocycles. The van der Waals surface area contributed by atoms with E-state index < -0.39 is 72.1 Å². The number of carbonyl (C=O) groups excluding carboxylic acids is 4. The number of carboxylic acid groups (broad SMARTS) is 2. The molecule has 0 aliphatic rings. The molecule has 1 aromatic heterocycles. The van der Waals surface area contributed by atoms with E-state index in [4.69, 9.17) is 23.1 Å². The number of halogens is 1. The van der Waals surface area contributed by atoms with E-state index in [-0.39, 0.29) is 19.3 Å². The molecule has 0 aliphatic heterocycles. The van der Waals surface area contributed by atoms with Crippen LogP contribution in [0.3, 0.4) is 0 Å². The standard InChI is InChI=1S/C31H37ClN6O8S/c1-47-11-10-23(36-27(40)21(33)13-17-15-35-22-5-3-2-4-19(17)22)28(41)38-25(12-16-6-8-18(32)9-7-16)29(42)37-24(26(34)39)14-20(30(43)44)31(45)46/h2-9,15,20-21,23-25,35H,10-14,33H2,1H3,(H2,34,39)(H,36,40)(H,37,42)(H,38,41)(H,43,44)(H,45,46)/t21-,23-,24+,25-/m1/s1. The van der Waals surface area contributed by atoms with Crippen molar-refractivity contribution in [3.63, 3.8) is 0 Å². The average Bonchev–Trinajstić information content (AvgIpc) is 3.43. The van der Waals surface area contributed by atoms with Crippen LogP contribution in [-0.2, 0) is 41.6 Å². The highest BCUT2D eigenvalue weighted by atomic mass is 35.5. The van der Waals surface area contributed by atoms with E-state index >= 15 is 0 Å². The van der Waals surface area contributed by atoms with Gasteiger partial charge in [0.2, 0.25) is 23.6 Å². The number of primary amides is 1. The number of nitrogens with two attached hydrogens (primary N) is 2. The Morgan fingerprint density at radius 1 is 0.851 bits per heavy atom. The fourth-order valence-electron chi connectivity index (χ4n) is 4.81. The first-order valence-corrected chi connectivity index (χ1v) is 16.3. The number of carbonyl (C=O) groups is 6. The zero-order valence-electron chi connectivity index (χ0n) is 25.4. The molecular weight excluding hydrogens is 652 g/mol. The molecule has 47 heavy (non-hydrogen) atoms. The predicted molar refractivity (Wildman–Crippen MR) is 176 cm³/mol. The lowest BCUT2D eigenvalue weighted by molar-refractivity contribution is -0.155. The second kappa shape index (κ2) is 17.4. The summed E-state index contributed by atoms with van der Waals surface area (Å²) in [6.07, 6.45) is 3.04. The number of fused-ring (bicyclic) bond motifs is 1. The van der Waals surface area contributed by atoms with Gasteiger partial charge in [0.25, 0.3) is 0 Å². The summed E-state index contributed by atoms with van der Waals surface area (Å²) in [6.45, 7) is 0. The third kappa shape index (κ3) is 10.7. The summed E-state index contributed by atoms with van der Waals surface area (Å²) in [5.41, 5.74) is 13.9. The normalized spacial score (nSPS) is 13.7. The number of benzene rings is 2. The summed E-state index contributed by atoms with van der Waals surface area (Å²) in [5, 5.41) is 27.4. The van der Waals surface area contributed by atoms with Crippen molar-refractivity contribution in [2.75, 3.05) is 12.0 Å². The number of para-hydroxylation sites is 1. The summed E-state index contributed by atoms with van der Waals surface area (Å²) >= 11 is 7.42. The summed E-state index contributed by atoms with van der Waals surface area (Å²) < 4.78 is 0. The van der Waals surface area contributed by atoms with Crippen LogP contribution in [0.25, 0.3) is 10.9 Å². The van der Waals surface area contributed by atoms with E-state index in [1.54, 1.807) is 30.5 Å². The maximum Gasteiger partial charge on any atom is 0.317 e. The van der Waals surface area contributed by atoms with E-state index in [1.165, 1.54) is 11.8 Å². The number of hydrogen-bond donors (Lipinski definition) is 8. The van der Waals surface area contributed by atoms with Crippen molar-refractivity contribution in [1.29, 1.82) is 0 Å². The van der Waals surface area contributed by atoms with Gasteiger partial charge in [-0.1, -0.05) is 41.9 Å². The number of hydrogen-bond acceptors (Lipinski definition) is 8. The molecule has 2 aromatic carbocycles. The summed E-state index contributed by atoms with van der Waals surface area (Å²) in [7, 11) is 0. The number of aliphatic carboxylic acids is 2. The molecule has 0 aliphatic carbocycles. The minimum Gasteiger partial charge on any atom is -0.481 e. The first-order valence-electron chi connectivity index (χ1n) is 14.5. The molecule has 0 saturated carbocycles. The Hall–Kier alpha value is -4.60. The van der Waals surface area contributed by atoms with Crippen LogP contribution in [0.15, 0.2) is 54.7 Å². The summed E-state index contributed by atoms with van der Waals surface area (Å²) in [5.74, 6) is -8.41. The molecule has 0 bridgehead atoms. The topological polar surface area (TPSA) is 247 Å². The minimum atomic E-state index is -2.03. The highest BCUT2D eigenvalue weighted by Gasteiger charge is 2.35. The van der Waals surface area contributed by atoms with Gasteiger partial charge >= 0.3 is 11.9 Å². The van der Waals surface area contributed by atoms with Gasteiger partial charge in [-0.3, -0.25) is 28.8 Å². The minimum absolute atomic E-state index is 0.106. The molecule has 16 heteroatoms. The third-order valence-corrected chi connectivity index (χ3v) is 8.30. The number of H-pyrrole nitrogens is 1.